The molecule has 1 aliphatic carbocycles. The molecular formula is C71H63N3. The van der Waals surface area contributed by atoms with E-state index in [9.17, 15) is 0 Å². The molecule has 11 aromatic rings. The molecule has 12 rings (SSSR count). The summed E-state index contributed by atoms with van der Waals surface area (Å²) in [6, 6.07) is 87.8. The number of benzene rings is 10. The van der Waals surface area contributed by atoms with Gasteiger partial charge in [0.05, 0.1) is 16.7 Å². The summed E-state index contributed by atoms with van der Waals surface area (Å²) >= 11 is 0. The fourth-order valence-corrected chi connectivity index (χ4v) is 11.5. The van der Waals surface area contributed by atoms with E-state index in [1.54, 1.807) is 0 Å². The molecule has 3 heteroatoms. The lowest BCUT2D eigenvalue weighted by Crippen LogP contribution is -2.18. The number of anilines is 6. The van der Waals surface area contributed by atoms with E-state index in [0.29, 0.717) is 0 Å². The van der Waals surface area contributed by atoms with Gasteiger partial charge in [0, 0.05) is 55.9 Å². The molecule has 3 nitrogen and oxygen atoms in total. The first-order valence-corrected chi connectivity index (χ1v) is 26.2. The van der Waals surface area contributed by atoms with Crippen LogP contribution in [-0.2, 0) is 16.2 Å². The molecule has 0 N–H and O–H groups in total. The van der Waals surface area contributed by atoms with E-state index in [2.05, 4.69) is 306 Å². The fraction of sp³-hybridized carbons (Fsp3) is 0.155. The van der Waals surface area contributed by atoms with Gasteiger partial charge >= 0.3 is 0 Å². The van der Waals surface area contributed by atoms with Crippen LogP contribution in [-0.4, -0.2) is 4.57 Å². The zero-order valence-electron chi connectivity index (χ0n) is 43.9. The van der Waals surface area contributed by atoms with Gasteiger partial charge in [-0.25, -0.2) is 0 Å². The fourth-order valence-electron chi connectivity index (χ4n) is 11.5. The monoisotopic (exact) mass is 958 g/mol. The van der Waals surface area contributed by atoms with Gasteiger partial charge in [-0.2, -0.15) is 0 Å². The van der Waals surface area contributed by atoms with Crippen LogP contribution in [0, 0.1) is 0 Å². The molecule has 0 bridgehead atoms. The van der Waals surface area contributed by atoms with Gasteiger partial charge in [0.15, 0.2) is 0 Å². The highest BCUT2D eigenvalue weighted by atomic mass is 15.2. The van der Waals surface area contributed by atoms with Crippen LogP contribution in [0.1, 0.15) is 77.6 Å². The normalized spacial score (nSPS) is 13.0. The average Bonchev–Trinajstić information content (AvgIpc) is 3.90. The van der Waals surface area contributed by atoms with Gasteiger partial charge in [-0.05, 0) is 146 Å². The second-order valence-electron chi connectivity index (χ2n) is 22.7. The third-order valence-electron chi connectivity index (χ3n) is 15.5. The van der Waals surface area contributed by atoms with Gasteiger partial charge in [-0.1, -0.05) is 207 Å². The van der Waals surface area contributed by atoms with E-state index in [1.807, 2.05) is 0 Å². The quantitative estimate of drug-likeness (QED) is 0.143. The molecule has 0 fully saturated rings. The molecule has 0 saturated carbocycles. The third kappa shape index (κ3) is 8.08. The minimum absolute atomic E-state index is 0.00529. The van der Waals surface area contributed by atoms with E-state index in [-0.39, 0.29) is 10.8 Å². The summed E-state index contributed by atoms with van der Waals surface area (Å²) in [7, 11) is 0. The van der Waals surface area contributed by atoms with Crippen molar-refractivity contribution >= 4 is 55.9 Å². The maximum absolute atomic E-state index is 2.54. The van der Waals surface area contributed by atoms with Crippen molar-refractivity contribution < 1.29 is 0 Å². The van der Waals surface area contributed by atoms with Gasteiger partial charge in [-0.15, -0.1) is 0 Å². The third-order valence-corrected chi connectivity index (χ3v) is 15.5. The molecule has 1 aromatic heterocycles. The van der Waals surface area contributed by atoms with Crippen LogP contribution in [0.3, 0.4) is 0 Å². The van der Waals surface area contributed by atoms with Crippen LogP contribution in [0.5, 0.6) is 0 Å². The lowest BCUT2D eigenvalue weighted by atomic mass is 9.81. The van der Waals surface area contributed by atoms with Crippen molar-refractivity contribution in [3.05, 3.63) is 259 Å². The molecule has 362 valence electrons. The van der Waals surface area contributed by atoms with Crippen molar-refractivity contribution in [1.82, 2.24) is 4.57 Å². The molecule has 0 amide bonds. The first-order chi connectivity index (χ1) is 35.7. The number of nitrogens with zero attached hydrogens (tertiary/aromatic N) is 3. The van der Waals surface area contributed by atoms with Gasteiger partial charge < -0.3 is 14.4 Å². The Labute approximate surface area is 437 Å². The van der Waals surface area contributed by atoms with Gasteiger partial charge in [0.1, 0.15) is 0 Å². The topological polar surface area (TPSA) is 11.4 Å². The van der Waals surface area contributed by atoms with E-state index in [0.717, 1.165) is 39.8 Å². The SMILES string of the molecule is CC(C)(C)c1ccc(N(c2cccc(-c3ccccc3)c2)c2ccc3c(c2)C(C)(C)c2cc(N(c4ccc(C(C)(C)C)cc4)c4cccc(-c5ccccc5)c4)c4c5ccccc5n(-c5ccccc5)c4c2-3)cc1. The Morgan fingerprint density at radius 3 is 1.39 bits per heavy atom. The first-order valence-electron chi connectivity index (χ1n) is 26.2. The van der Waals surface area contributed by atoms with Gasteiger partial charge in [0.25, 0.3) is 0 Å². The molecular weight excluding hydrogens is 895 g/mol. The predicted octanol–water partition coefficient (Wildman–Crippen LogP) is 20.0. The number of fused-ring (bicyclic) bond motifs is 7. The summed E-state index contributed by atoms with van der Waals surface area (Å²) in [6.45, 7) is 18.6. The van der Waals surface area contributed by atoms with Crippen molar-refractivity contribution in [2.24, 2.45) is 0 Å². The van der Waals surface area contributed by atoms with Crippen LogP contribution >= 0.6 is 0 Å². The Morgan fingerprint density at radius 2 is 0.838 bits per heavy atom. The minimum atomic E-state index is -0.400. The predicted molar refractivity (Wildman–Crippen MR) is 316 cm³/mol. The molecule has 1 aliphatic rings. The molecule has 74 heavy (non-hydrogen) atoms. The Hall–Kier alpha value is -8.40. The summed E-state index contributed by atoms with van der Waals surface area (Å²) in [5, 5.41) is 2.44. The number of rotatable bonds is 9. The Kier molecular flexibility index (Phi) is 11.3. The smallest absolute Gasteiger partial charge is 0.0643 e. The van der Waals surface area contributed by atoms with Crippen LogP contribution in [0.2, 0.25) is 0 Å². The van der Waals surface area contributed by atoms with E-state index in [4.69, 9.17) is 0 Å². The molecule has 10 aromatic carbocycles. The van der Waals surface area contributed by atoms with Crippen molar-refractivity contribution in [2.45, 2.75) is 71.6 Å². The lowest BCUT2D eigenvalue weighted by Gasteiger charge is -2.31. The van der Waals surface area contributed by atoms with Gasteiger partial charge in [-0.3, -0.25) is 0 Å². The number of hydrogen-bond acceptors (Lipinski definition) is 2. The van der Waals surface area contributed by atoms with Crippen LogP contribution in [0.25, 0.3) is 60.9 Å². The second kappa shape index (κ2) is 18.0. The van der Waals surface area contributed by atoms with Crippen molar-refractivity contribution in [3.8, 4) is 39.1 Å². The first kappa shape index (κ1) is 46.7. The average molecular weight is 958 g/mol. The number of hydrogen-bond donors (Lipinski definition) is 0. The standard InChI is InChI=1S/C71H63N3/c1-69(2,3)52-34-38-55(39-35-52)72(57-30-20-26-50(44-57)48-22-12-9-13-23-48)59-42-43-60-62(46-59)71(7,8)63-47-65(67-61-32-18-19-33-64(61)74(68(67)66(60)63)54-28-16-11-17-29-54)73(56-40-36-53(37-41-56)70(4,5)6)58-31-21-27-51(45-58)49-24-14-10-15-25-49/h9-47H,1-8H3. The molecule has 1 heterocycles. The van der Waals surface area contributed by atoms with Crippen molar-refractivity contribution in [3.63, 3.8) is 0 Å². The van der Waals surface area contributed by atoms with Gasteiger partial charge in [0.2, 0.25) is 0 Å². The summed E-state index contributed by atoms with van der Waals surface area (Å²) in [5.74, 6) is 0. The molecule has 0 spiro atoms. The summed E-state index contributed by atoms with van der Waals surface area (Å²) in [5.41, 5.74) is 22.4. The summed E-state index contributed by atoms with van der Waals surface area (Å²) in [6.07, 6.45) is 0. The Bertz CT molecular complexity index is 3850. The van der Waals surface area contributed by atoms with Crippen molar-refractivity contribution in [2.75, 3.05) is 9.80 Å². The van der Waals surface area contributed by atoms with Crippen LogP contribution in [0.15, 0.2) is 237 Å². The van der Waals surface area contributed by atoms with Crippen LogP contribution in [0.4, 0.5) is 34.1 Å². The van der Waals surface area contributed by atoms with E-state index in [1.165, 1.54) is 77.4 Å². The van der Waals surface area contributed by atoms with E-state index < -0.39 is 5.41 Å². The highest BCUT2D eigenvalue weighted by Crippen LogP contribution is 2.58. The van der Waals surface area contributed by atoms with Crippen molar-refractivity contribution in [1.29, 1.82) is 0 Å². The Morgan fingerprint density at radius 1 is 0.378 bits per heavy atom. The second-order valence-corrected chi connectivity index (χ2v) is 22.7. The minimum Gasteiger partial charge on any atom is -0.310 e. The van der Waals surface area contributed by atoms with E-state index >= 15 is 0 Å². The molecule has 0 aliphatic heterocycles. The Balaban J connectivity index is 1.13. The zero-order chi connectivity index (χ0) is 50.9. The maximum Gasteiger partial charge on any atom is 0.0643 e. The lowest BCUT2D eigenvalue weighted by molar-refractivity contribution is 0.590. The number of aromatic nitrogens is 1. The summed E-state index contributed by atoms with van der Waals surface area (Å²) in [4.78, 5) is 4.97. The highest BCUT2D eigenvalue weighted by molar-refractivity contribution is 6.22. The maximum atomic E-state index is 2.54. The van der Waals surface area contributed by atoms with Crippen LogP contribution < -0.4 is 9.80 Å². The summed E-state index contributed by atoms with van der Waals surface area (Å²) < 4.78 is 2.53. The highest BCUT2D eigenvalue weighted by Gasteiger charge is 2.40. The molecule has 0 unspecified atom stereocenters. The zero-order valence-corrected chi connectivity index (χ0v) is 43.9. The molecule has 0 radical (unpaired) electrons. The molecule has 0 atom stereocenters. The molecule has 0 saturated heterocycles. The largest absolute Gasteiger partial charge is 0.310 e. The number of para-hydroxylation sites is 2.